The van der Waals surface area contributed by atoms with E-state index in [0.717, 1.165) is 17.8 Å². The molecule has 0 fully saturated rings. The Bertz CT molecular complexity index is 486. The largest absolute Gasteiger partial charge is 0.377 e. The maximum absolute atomic E-state index is 12.3. The van der Waals surface area contributed by atoms with Crippen molar-refractivity contribution in [1.82, 2.24) is 10.0 Å². The van der Waals surface area contributed by atoms with Gasteiger partial charge in [-0.05, 0) is 38.3 Å². The summed E-state index contributed by atoms with van der Waals surface area (Å²) in [6.07, 6.45) is 0.896. The monoisotopic (exact) mass is 320 g/mol. The molecule has 20 heavy (non-hydrogen) atoms. The number of sulfonamides is 1. The molecule has 0 bridgehead atoms. The van der Waals surface area contributed by atoms with Crippen LogP contribution in [0.15, 0.2) is 16.3 Å². The molecule has 1 atom stereocenters. The fourth-order valence-electron chi connectivity index (χ4n) is 1.72. The van der Waals surface area contributed by atoms with Gasteiger partial charge in [0.1, 0.15) is 0 Å². The molecular weight excluding hydrogens is 296 g/mol. The summed E-state index contributed by atoms with van der Waals surface area (Å²) >= 11 is 1.46. The van der Waals surface area contributed by atoms with Crippen LogP contribution in [0.2, 0.25) is 0 Å². The average molecular weight is 320 g/mol. The molecule has 1 aromatic rings. The van der Waals surface area contributed by atoms with E-state index in [1.807, 2.05) is 19.2 Å². The summed E-state index contributed by atoms with van der Waals surface area (Å²) in [7, 11) is -3.46. The summed E-state index contributed by atoms with van der Waals surface area (Å²) in [6.45, 7) is 8.15. The lowest BCUT2D eigenvalue weighted by Crippen LogP contribution is -2.32. The fraction of sp³-hybridized carbons (Fsp3) is 0.692. The molecule has 0 aliphatic rings. The second kappa shape index (κ2) is 8.74. The first-order chi connectivity index (χ1) is 9.51. The first-order valence-corrected chi connectivity index (χ1v) is 9.25. The van der Waals surface area contributed by atoms with Gasteiger partial charge in [0, 0.05) is 24.6 Å². The van der Waals surface area contributed by atoms with Gasteiger partial charge in [-0.25, -0.2) is 13.1 Å². The van der Waals surface area contributed by atoms with E-state index >= 15 is 0 Å². The number of ether oxygens (including phenoxy) is 1. The number of thiophene rings is 1. The first kappa shape index (κ1) is 17.6. The van der Waals surface area contributed by atoms with E-state index in [9.17, 15) is 8.42 Å². The third kappa shape index (κ3) is 5.49. The van der Waals surface area contributed by atoms with Crippen LogP contribution in [-0.4, -0.2) is 34.2 Å². The number of nitrogens with one attached hydrogen (secondary N) is 2. The third-order valence-corrected chi connectivity index (χ3v) is 5.28. The minimum atomic E-state index is -3.46. The van der Waals surface area contributed by atoms with Crippen LogP contribution in [0.4, 0.5) is 0 Å². The molecule has 0 saturated heterocycles. The summed E-state index contributed by atoms with van der Waals surface area (Å²) in [6, 6.07) is 1.65. The van der Waals surface area contributed by atoms with Gasteiger partial charge in [-0.2, -0.15) is 0 Å². The minimum absolute atomic E-state index is 0.130. The first-order valence-electron chi connectivity index (χ1n) is 6.89. The summed E-state index contributed by atoms with van der Waals surface area (Å²) < 4.78 is 32.5. The van der Waals surface area contributed by atoms with Gasteiger partial charge in [-0.3, -0.25) is 0 Å². The predicted molar refractivity (Wildman–Crippen MR) is 82.6 cm³/mol. The molecule has 0 amide bonds. The smallest absolute Gasteiger partial charge is 0.241 e. The van der Waals surface area contributed by atoms with Crippen LogP contribution in [0, 0.1) is 0 Å². The Balaban J connectivity index is 2.65. The van der Waals surface area contributed by atoms with Crippen molar-refractivity contribution < 1.29 is 13.2 Å². The maximum atomic E-state index is 12.3. The number of hydrogen-bond acceptors (Lipinski definition) is 5. The van der Waals surface area contributed by atoms with Crippen molar-refractivity contribution in [1.29, 1.82) is 0 Å². The molecule has 116 valence electrons. The Morgan fingerprint density at radius 3 is 2.80 bits per heavy atom. The highest BCUT2D eigenvalue weighted by Gasteiger charge is 2.20. The summed E-state index contributed by atoms with van der Waals surface area (Å²) in [5, 5.41) is 5.04. The van der Waals surface area contributed by atoms with Crippen LogP contribution >= 0.6 is 11.3 Å². The molecule has 0 aliphatic carbocycles. The molecule has 0 aromatic carbocycles. The van der Waals surface area contributed by atoms with Gasteiger partial charge in [0.2, 0.25) is 10.0 Å². The third-order valence-electron chi connectivity index (χ3n) is 2.72. The standard InChI is InChI=1S/C13H24N2O3S2/c1-4-7-14-10-12-13(6-8-19-12)20(16,17)15-9-11(3)18-5-2/h6,8,11,14-15H,4-5,7,9-10H2,1-3H3. The van der Waals surface area contributed by atoms with E-state index in [2.05, 4.69) is 17.0 Å². The zero-order valence-electron chi connectivity index (χ0n) is 12.3. The van der Waals surface area contributed by atoms with Crippen molar-refractivity contribution in [2.75, 3.05) is 19.7 Å². The van der Waals surface area contributed by atoms with Crippen LogP contribution in [-0.2, 0) is 21.3 Å². The Kier molecular flexibility index (Phi) is 7.68. The fourth-order valence-corrected chi connectivity index (χ4v) is 4.25. The zero-order valence-corrected chi connectivity index (χ0v) is 13.9. The highest BCUT2D eigenvalue weighted by atomic mass is 32.2. The van der Waals surface area contributed by atoms with E-state index in [-0.39, 0.29) is 12.6 Å². The van der Waals surface area contributed by atoms with Gasteiger partial charge < -0.3 is 10.1 Å². The molecule has 0 spiro atoms. The number of rotatable bonds is 10. The second-order valence-electron chi connectivity index (χ2n) is 4.50. The van der Waals surface area contributed by atoms with Crippen molar-refractivity contribution >= 4 is 21.4 Å². The molecule has 0 saturated carbocycles. The quantitative estimate of drug-likeness (QED) is 0.647. The Hall–Kier alpha value is -0.470. The lowest BCUT2D eigenvalue weighted by Gasteiger charge is -2.13. The van der Waals surface area contributed by atoms with Crippen molar-refractivity contribution in [3.05, 3.63) is 16.3 Å². The molecule has 0 aliphatic heterocycles. The highest BCUT2D eigenvalue weighted by molar-refractivity contribution is 7.89. The van der Waals surface area contributed by atoms with E-state index in [4.69, 9.17) is 4.74 Å². The van der Waals surface area contributed by atoms with Crippen LogP contribution < -0.4 is 10.0 Å². The lowest BCUT2D eigenvalue weighted by atomic mass is 10.4. The van der Waals surface area contributed by atoms with Crippen molar-refractivity contribution in [3.8, 4) is 0 Å². The summed E-state index contributed by atoms with van der Waals surface area (Å²) in [4.78, 5) is 1.21. The SMILES string of the molecule is CCCNCc1sccc1S(=O)(=O)NCC(C)OCC. The topological polar surface area (TPSA) is 67.4 Å². The Morgan fingerprint density at radius 2 is 2.15 bits per heavy atom. The Morgan fingerprint density at radius 1 is 1.40 bits per heavy atom. The molecule has 0 radical (unpaired) electrons. The second-order valence-corrected chi connectivity index (χ2v) is 7.24. The van der Waals surface area contributed by atoms with E-state index < -0.39 is 10.0 Å². The Labute approximate surface area is 125 Å². The minimum Gasteiger partial charge on any atom is -0.377 e. The van der Waals surface area contributed by atoms with Crippen LogP contribution in [0.25, 0.3) is 0 Å². The molecule has 2 N–H and O–H groups in total. The summed E-state index contributed by atoms with van der Waals surface area (Å²) in [5.41, 5.74) is 0. The number of hydrogen-bond donors (Lipinski definition) is 2. The molecule has 1 aromatic heterocycles. The van der Waals surface area contributed by atoms with E-state index in [1.54, 1.807) is 6.07 Å². The molecular formula is C13H24N2O3S2. The molecule has 5 nitrogen and oxygen atoms in total. The van der Waals surface area contributed by atoms with Crippen LogP contribution in [0.5, 0.6) is 0 Å². The zero-order chi connectivity index (χ0) is 15.0. The van der Waals surface area contributed by atoms with Gasteiger partial charge in [0.25, 0.3) is 0 Å². The highest BCUT2D eigenvalue weighted by Crippen LogP contribution is 2.21. The molecule has 7 heteroatoms. The maximum Gasteiger partial charge on any atom is 0.241 e. The van der Waals surface area contributed by atoms with Crippen molar-refractivity contribution in [3.63, 3.8) is 0 Å². The van der Waals surface area contributed by atoms with E-state index in [1.165, 1.54) is 11.3 Å². The molecule has 1 heterocycles. The molecule has 1 unspecified atom stereocenters. The van der Waals surface area contributed by atoms with Gasteiger partial charge >= 0.3 is 0 Å². The predicted octanol–water partition coefficient (Wildman–Crippen LogP) is 1.95. The van der Waals surface area contributed by atoms with Crippen molar-refractivity contribution in [2.24, 2.45) is 0 Å². The van der Waals surface area contributed by atoms with Crippen LogP contribution in [0.3, 0.4) is 0 Å². The van der Waals surface area contributed by atoms with Crippen LogP contribution in [0.1, 0.15) is 32.1 Å². The van der Waals surface area contributed by atoms with Gasteiger partial charge in [-0.15, -0.1) is 11.3 Å². The normalized spacial score (nSPS) is 13.6. The molecule has 1 rings (SSSR count). The summed E-state index contributed by atoms with van der Waals surface area (Å²) in [5.74, 6) is 0. The van der Waals surface area contributed by atoms with Gasteiger partial charge in [-0.1, -0.05) is 6.92 Å². The lowest BCUT2D eigenvalue weighted by molar-refractivity contribution is 0.0799. The van der Waals surface area contributed by atoms with Gasteiger partial charge in [0.15, 0.2) is 0 Å². The van der Waals surface area contributed by atoms with Crippen molar-refractivity contribution in [2.45, 2.75) is 44.7 Å². The van der Waals surface area contributed by atoms with E-state index in [0.29, 0.717) is 18.0 Å². The van der Waals surface area contributed by atoms with Gasteiger partial charge in [0.05, 0.1) is 11.0 Å². The average Bonchev–Trinajstić information content (AvgIpc) is 2.87.